The van der Waals surface area contributed by atoms with Crippen LogP contribution in [0.4, 0.5) is 0 Å². The molecule has 1 N–H and O–H groups in total. The second-order valence-corrected chi connectivity index (χ2v) is 5.14. The molecule has 0 saturated carbocycles. The summed E-state index contributed by atoms with van der Waals surface area (Å²) in [5, 5.41) is 2.92. The number of benzene rings is 2. The minimum Gasteiger partial charge on any atom is -0.493 e. The summed E-state index contributed by atoms with van der Waals surface area (Å²) in [7, 11) is 1.57. The number of amides is 1. The number of ether oxygens (including phenoxy) is 2. The molecular formula is C18H21NO3. The molecule has 2 aromatic carbocycles. The van der Waals surface area contributed by atoms with Crippen molar-refractivity contribution >= 4 is 5.91 Å². The first-order valence-electron chi connectivity index (χ1n) is 7.22. The lowest BCUT2D eigenvalue weighted by Gasteiger charge is -2.15. The number of nitrogens with one attached hydrogen (secondary N) is 1. The summed E-state index contributed by atoms with van der Waals surface area (Å²) in [6.45, 7) is 3.94. The monoisotopic (exact) mass is 299 g/mol. The molecule has 0 radical (unpaired) electrons. The van der Waals surface area contributed by atoms with Gasteiger partial charge >= 0.3 is 0 Å². The summed E-state index contributed by atoms with van der Waals surface area (Å²) in [5.41, 5.74) is 2.26. The summed E-state index contributed by atoms with van der Waals surface area (Å²) >= 11 is 0. The van der Waals surface area contributed by atoms with Gasteiger partial charge < -0.3 is 14.8 Å². The molecule has 4 nitrogen and oxygen atoms in total. The molecule has 2 rings (SSSR count). The lowest BCUT2D eigenvalue weighted by Crippen LogP contribution is -2.31. The fourth-order valence-electron chi connectivity index (χ4n) is 2.10. The third-order valence-corrected chi connectivity index (χ3v) is 3.38. The molecule has 0 bridgehead atoms. The van der Waals surface area contributed by atoms with E-state index < -0.39 is 0 Å². The minimum absolute atomic E-state index is 0.0451. The second kappa shape index (κ2) is 7.50. The molecule has 4 heteroatoms. The number of para-hydroxylation sites is 2. The van der Waals surface area contributed by atoms with Crippen molar-refractivity contribution in [3.8, 4) is 11.5 Å². The zero-order valence-electron chi connectivity index (χ0n) is 13.1. The Hall–Kier alpha value is -2.49. The van der Waals surface area contributed by atoms with Gasteiger partial charge in [0.05, 0.1) is 13.2 Å². The maximum absolute atomic E-state index is 12.0. The van der Waals surface area contributed by atoms with Crippen LogP contribution in [0.25, 0.3) is 0 Å². The van der Waals surface area contributed by atoms with E-state index in [4.69, 9.17) is 9.47 Å². The largest absolute Gasteiger partial charge is 0.493 e. The van der Waals surface area contributed by atoms with E-state index in [2.05, 4.69) is 5.32 Å². The third-order valence-electron chi connectivity index (χ3n) is 3.38. The molecule has 0 fully saturated rings. The van der Waals surface area contributed by atoms with Gasteiger partial charge in [-0.15, -0.1) is 0 Å². The maximum atomic E-state index is 12.0. The van der Waals surface area contributed by atoms with Crippen LogP contribution in [0, 0.1) is 6.92 Å². The van der Waals surface area contributed by atoms with E-state index in [1.54, 1.807) is 19.2 Å². The molecular weight excluding hydrogens is 278 g/mol. The highest BCUT2D eigenvalue weighted by molar-refractivity contribution is 5.78. The minimum atomic E-state index is -0.168. The Kier molecular flexibility index (Phi) is 5.42. The molecule has 0 aliphatic carbocycles. The van der Waals surface area contributed by atoms with Gasteiger partial charge in [0, 0.05) is 0 Å². The van der Waals surface area contributed by atoms with Crippen LogP contribution in [-0.4, -0.2) is 19.6 Å². The molecule has 0 heterocycles. The van der Waals surface area contributed by atoms with Gasteiger partial charge in [-0.1, -0.05) is 42.0 Å². The van der Waals surface area contributed by atoms with Gasteiger partial charge in [0.25, 0.3) is 5.91 Å². The molecule has 0 aliphatic rings. The summed E-state index contributed by atoms with van der Waals surface area (Å²) in [6.07, 6.45) is 0. The third kappa shape index (κ3) is 4.25. The summed E-state index contributed by atoms with van der Waals surface area (Å²) in [5.74, 6) is 1.00. The summed E-state index contributed by atoms with van der Waals surface area (Å²) in [4.78, 5) is 12.0. The van der Waals surface area contributed by atoms with Crippen molar-refractivity contribution in [1.29, 1.82) is 0 Å². The first-order chi connectivity index (χ1) is 10.6. The molecule has 0 unspecified atom stereocenters. The quantitative estimate of drug-likeness (QED) is 0.890. The molecule has 116 valence electrons. The van der Waals surface area contributed by atoms with Gasteiger partial charge in [0.1, 0.15) is 0 Å². The fourth-order valence-corrected chi connectivity index (χ4v) is 2.10. The zero-order chi connectivity index (χ0) is 15.9. The van der Waals surface area contributed by atoms with Crippen LogP contribution < -0.4 is 14.8 Å². The van der Waals surface area contributed by atoms with Crippen molar-refractivity contribution in [2.75, 3.05) is 13.7 Å². The molecule has 0 aromatic heterocycles. The van der Waals surface area contributed by atoms with Crippen molar-refractivity contribution < 1.29 is 14.3 Å². The van der Waals surface area contributed by atoms with Gasteiger partial charge in [-0.2, -0.15) is 0 Å². The lowest BCUT2D eigenvalue weighted by atomic mass is 10.1. The van der Waals surface area contributed by atoms with E-state index in [0.717, 1.165) is 5.56 Å². The molecule has 0 aliphatic heterocycles. The normalized spacial score (nSPS) is 11.6. The average molecular weight is 299 g/mol. The molecule has 1 atom stereocenters. The number of rotatable bonds is 6. The molecule has 0 saturated heterocycles. The highest BCUT2D eigenvalue weighted by Gasteiger charge is 2.11. The molecule has 2 aromatic rings. The van der Waals surface area contributed by atoms with Crippen LogP contribution in [0.15, 0.2) is 48.5 Å². The number of aryl methyl sites for hydroxylation is 1. The van der Waals surface area contributed by atoms with E-state index in [9.17, 15) is 4.79 Å². The fraction of sp³-hybridized carbons (Fsp3) is 0.278. The van der Waals surface area contributed by atoms with E-state index >= 15 is 0 Å². The van der Waals surface area contributed by atoms with Crippen LogP contribution >= 0.6 is 0 Å². The first-order valence-corrected chi connectivity index (χ1v) is 7.22. The van der Waals surface area contributed by atoms with Crippen LogP contribution in [0.2, 0.25) is 0 Å². The second-order valence-electron chi connectivity index (χ2n) is 5.14. The van der Waals surface area contributed by atoms with Gasteiger partial charge in [0.2, 0.25) is 0 Å². The van der Waals surface area contributed by atoms with Crippen molar-refractivity contribution in [3.63, 3.8) is 0 Å². The predicted octanol–water partition coefficient (Wildman–Crippen LogP) is 3.26. The SMILES string of the molecule is COc1ccccc1OCC(=O)N[C@H](C)c1ccc(C)cc1. The first kappa shape index (κ1) is 15.9. The molecule has 0 spiro atoms. The van der Waals surface area contributed by atoms with Gasteiger partial charge in [-0.05, 0) is 31.5 Å². The smallest absolute Gasteiger partial charge is 0.258 e. The Balaban J connectivity index is 1.88. The zero-order valence-corrected chi connectivity index (χ0v) is 13.1. The van der Waals surface area contributed by atoms with Crippen molar-refractivity contribution in [3.05, 3.63) is 59.7 Å². The van der Waals surface area contributed by atoms with Crippen molar-refractivity contribution in [2.45, 2.75) is 19.9 Å². The van der Waals surface area contributed by atoms with Crippen LogP contribution in [-0.2, 0) is 4.79 Å². The Morgan fingerprint density at radius 1 is 1.09 bits per heavy atom. The van der Waals surface area contributed by atoms with E-state index in [-0.39, 0.29) is 18.6 Å². The summed E-state index contributed by atoms with van der Waals surface area (Å²) < 4.78 is 10.7. The number of carbonyl (C=O) groups is 1. The highest BCUT2D eigenvalue weighted by atomic mass is 16.5. The highest BCUT2D eigenvalue weighted by Crippen LogP contribution is 2.25. The maximum Gasteiger partial charge on any atom is 0.258 e. The summed E-state index contributed by atoms with van der Waals surface area (Å²) in [6, 6.07) is 15.3. The van der Waals surface area contributed by atoms with E-state index in [0.29, 0.717) is 11.5 Å². The Bertz CT molecular complexity index is 622. The van der Waals surface area contributed by atoms with Crippen LogP contribution in [0.3, 0.4) is 0 Å². The predicted molar refractivity (Wildman–Crippen MR) is 86.2 cm³/mol. The number of hydrogen-bond donors (Lipinski definition) is 1. The van der Waals surface area contributed by atoms with Crippen molar-refractivity contribution in [2.24, 2.45) is 0 Å². The number of hydrogen-bond acceptors (Lipinski definition) is 3. The van der Waals surface area contributed by atoms with Crippen LogP contribution in [0.5, 0.6) is 11.5 Å². The molecule has 1 amide bonds. The van der Waals surface area contributed by atoms with Gasteiger partial charge in [-0.3, -0.25) is 4.79 Å². The van der Waals surface area contributed by atoms with Crippen molar-refractivity contribution in [1.82, 2.24) is 5.32 Å². The Labute approximate surface area is 131 Å². The molecule has 22 heavy (non-hydrogen) atoms. The van der Waals surface area contributed by atoms with Gasteiger partial charge in [0.15, 0.2) is 18.1 Å². The van der Waals surface area contributed by atoms with Gasteiger partial charge in [-0.25, -0.2) is 0 Å². The lowest BCUT2D eigenvalue weighted by molar-refractivity contribution is -0.123. The number of carbonyl (C=O) groups excluding carboxylic acids is 1. The Morgan fingerprint density at radius 3 is 2.36 bits per heavy atom. The van der Waals surface area contributed by atoms with E-state index in [1.807, 2.05) is 50.2 Å². The standard InChI is InChI=1S/C18H21NO3/c1-13-8-10-15(11-9-13)14(2)19-18(20)12-22-17-7-5-4-6-16(17)21-3/h4-11,14H,12H2,1-3H3,(H,19,20)/t14-/m1/s1. The number of methoxy groups -OCH3 is 1. The average Bonchev–Trinajstić information content (AvgIpc) is 2.53. The van der Waals surface area contributed by atoms with E-state index in [1.165, 1.54) is 5.56 Å². The Morgan fingerprint density at radius 2 is 1.73 bits per heavy atom. The topological polar surface area (TPSA) is 47.6 Å². The van der Waals surface area contributed by atoms with Crippen LogP contribution in [0.1, 0.15) is 24.1 Å².